The molecule has 0 N–H and O–H groups in total. The fourth-order valence-corrected chi connectivity index (χ4v) is 17.0. The van der Waals surface area contributed by atoms with Crippen LogP contribution in [-0.2, 0) is 9.47 Å². The van der Waals surface area contributed by atoms with Crippen molar-refractivity contribution < 1.29 is 9.47 Å². The fraction of sp³-hybridized carbons (Fsp3) is 0.796. The van der Waals surface area contributed by atoms with Gasteiger partial charge in [0, 0.05) is 53.5 Å². The molecule has 0 bridgehead atoms. The molecule has 0 aromatic carbocycles. The summed E-state index contributed by atoms with van der Waals surface area (Å²) in [5.41, 5.74) is 1.83. The number of nitrogens with zero attached hydrogens (tertiary/aromatic N) is 2. The summed E-state index contributed by atoms with van der Waals surface area (Å²) in [6.07, 6.45) is 52.5. The van der Waals surface area contributed by atoms with E-state index in [-0.39, 0.29) is 5.41 Å². The lowest BCUT2D eigenvalue weighted by atomic mass is 9.45. The third-order valence-corrected chi connectivity index (χ3v) is 18.6. The Morgan fingerprint density at radius 3 is 2.17 bits per heavy atom. The Labute approximate surface area is 320 Å². The summed E-state index contributed by atoms with van der Waals surface area (Å²) in [4.78, 5) is 6.16. The summed E-state index contributed by atoms with van der Waals surface area (Å²) in [7, 11) is 0. The summed E-state index contributed by atoms with van der Waals surface area (Å²) in [6, 6.07) is 3.94. The highest BCUT2D eigenvalue weighted by molar-refractivity contribution is 5.45. The minimum absolute atomic E-state index is 0.162. The van der Waals surface area contributed by atoms with E-state index in [9.17, 15) is 0 Å². The Kier molecular flexibility index (Phi) is 8.36. The first kappa shape index (κ1) is 33.5. The molecule has 0 aromatic heterocycles. The molecule has 4 nitrogen and oxygen atoms in total. The first-order chi connectivity index (χ1) is 26.3. The number of hydrogen-bond donors (Lipinski definition) is 0. The number of rotatable bonds is 2. The Morgan fingerprint density at radius 1 is 0.566 bits per heavy atom. The van der Waals surface area contributed by atoms with Crippen LogP contribution in [0.15, 0.2) is 59.9 Å². The van der Waals surface area contributed by atoms with E-state index in [2.05, 4.69) is 58.4 Å². The number of ether oxygens (including phenoxy) is 2. The minimum Gasteiger partial charge on any atom is -0.490 e. The van der Waals surface area contributed by atoms with E-state index in [0.717, 1.165) is 41.8 Å². The lowest BCUT2D eigenvalue weighted by molar-refractivity contribution is -0.225. The third kappa shape index (κ3) is 4.95. The quantitative estimate of drug-likeness (QED) is 0.266. The topological polar surface area (TPSA) is 24.9 Å². The molecule has 8 fully saturated rings. The second-order valence-corrected chi connectivity index (χ2v) is 20.5. The molecule has 4 heteroatoms. The molecular formula is C49H68N2O2. The van der Waals surface area contributed by atoms with Crippen LogP contribution in [0.2, 0.25) is 0 Å². The van der Waals surface area contributed by atoms with Gasteiger partial charge in [-0.05, 0) is 138 Å². The Hall–Kier alpha value is -1.62. The summed E-state index contributed by atoms with van der Waals surface area (Å²) in [5.74, 6) is 6.50. The number of hydrogen-bond acceptors (Lipinski definition) is 4. The molecule has 286 valence electrons. The van der Waals surface area contributed by atoms with Crippen molar-refractivity contribution in [3.8, 4) is 0 Å². The van der Waals surface area contributed by atoms with E-state index in [4.69, 9.17) is 9.47 Å². The number of likely N-dealkylation sites (tertiary alicyclic amines) is 2. The van der Waals surface area contributed by atoms with Gasteiger partial charge in [-0.25, -0.2) is 0 Å². The van der Waals surface area contributed by atoms with Gasteiger partial charge in [0.1, 0.15) is 11.9 Å². The van der Waals surface area contributed by atoms with Gasteiger partial charge in [-0.1, -0.05) is 87.5 Å². The normalized spacial score (nSPS) is 52.8. The molecule has 12 aliphatic rings. The van der Waals surface area contributed by atoms with E-state index >= 15 is 0 Å². The van der Waals surface area contributed by atoms with Crippen molar-refractivity contribution in [2.75, 3.05) is 0 Å². The van der Waals surface area contributed by atoms with Crippen LogP contribution in [0.3, 0.4) is 0 Å². The molecule has 4 saturated carbocycles. The summed E-state index contributed by atoms with van der Waals surface area (Å²) >= 11 is 0. The van der Waals surface area contributed by atoms with Gasteiger partial charge in [0.15, 0.2) is 0 Å². The van der Waals surface area contributed by atoms with Gasteiger partial charge in [0.05, 0.1) is 12.2 Å². The van der Waals surface area contributed by atoms with Crippen molar-refractivity contribution in [2.24, 2.45) is 46.8 Å². The number of allylic oxidation sites excluding steroid dienone is 3. The Balaban J connectivity index is 0.934. The van der Waals surface area contributed by atoms with Crippen LogP contribution in [0, 0.1) is 46.8 Å². The smallest absolute Gasteiger partial charge is 0.120 e. The second-order valence-electron chi connectivity index (χ2n) is 20.5. The molecule has 0 aromatic rings. The molecular weight excluding hydrogens is 649 g/mol. The van der Waals surface area contributed by atoms with E-state index in [1.807, 2.05) is 0 Å². The molecule has 1 spiro atoms. The summed E-state index contributed by atoms with van der Waals surface area (Å²) in [5, 5.41) is 0. The molecule has 4 aliphatic heterocycles. The average Bonchev–Trinajstić information content (AvgIpc) is 3.73. The van der Waals surface area contributed by atoms with E-state index in [0.29, 0.717) is 54.2 Å². The van der Waals surface area contributed by atoms with Crippen LogP contribution in [0.4, 0.5) is 0 Å². The molecule has 8 aliphatic carbocycles. The highest BCUT2D eigenvalue weighted by Gasteiger charge is 2.66. The van der Waals surface area contributed by atoms with Gasteiger partial charge in [-0.3, -0.25) is 9.80 Å². The molecule has 17 unspecified atom stereocenters. The molecule has 12 rings (SSSR count). The minimum atomic E-state index is 0.162. The summed E-state index contributed by atoms with van der Waals surface area (Å²) in [6.45, 7) is 0. The van der Waals surface area contributed by atoms with Gasteiger partial charge in [-0.15, -0.1) is 0 Å². The average molecular weight is 717 g/mol. The Bertz CT molecular complexity index is 1570. The maximum atomic E-state index is 7.57. The van der Waals surface area contributed by atoms with E-state index < -0.39 is 0 Å². The third-order valence-electron chi connectivity index (χ3n) is 18.6. The van der Waals surface area contributed by atoms with Gasteiger partial charge >= 0.3 is 0 Å². The SMILES string of the molecule is C1=CC2C(CC1)C1CCCCC1N2C1C=C2OC3CCCCC3C3(C2=CC1)C1C=CC(N2C4CCC=CC4C4CCCCC42)CC1OC1CCCCC13. The van der Waals surface area contributed by atoms with Crippen molar-refractivity contribution in [2.45, 2.75) is 196 Å². The van der Waals surface area contributed by atoms with Crippen LogP contribution in [0.25, 0.3) is 0 Å². The van der Waals surface area contributed by atoms with Crippen molar-refractivity contribution in [3.63, 3.8) is 0 Å². The first-order valence-electron chi connectivity index (χ1n) is 23.6. The lowest BCUT2D eigenvalue weighted by Gasteiger charge is -2.66. The van der Waals surface area contributed by atoms with Crippen LogP contribution in [0.1, 0.15) is 141 Å². The van der Waals surface area contributed by atoms with Crippen molar-refractivity contribution in [3.05, 3.63) is 59.9 Å². The van der Waals surface area contributed by atoms with Gasteiger partial charge < -0.3 is 9.47 Å². The lowest BCUT2D eigenvalue weighted by Crippen LogP contribution is -2.65. The molecule has 4 heterocycles. The predicted octanol–water partition coefficient (Wildman–Crippen LogP) is 10.5. The zero-order valence-electron chi connectivity index (χ0n) is 32.6. The molecule has 4 saturated heterocycles. The monoisotopic (exact) mass is 717 g/mol. The second kappa shape index (κ2) is 13.2. The van der Waals surface area contributed by atoms with E-state index in [1.54, 1.807) is 5.57 Å². The standard InChI is InChI=1S/C49H68N2O2/c1-7-19-41-33(13-1)34-14-2-8-20-42(34)50(41)31-25-27-39-47(29-31)52-45-23-11-5-17-37(45)49(39)38-18-6-12-24-46(38)53-48-30-32(26-28-40(48)49)51-43-21-9-3-15-35(43)36-16-4-10-22-44(36)51/h1,9,13,21,25,27-28,30-39,41-47H,2-8,10-12,14-20,22-24,26,29H2. The van der Waals surface area contributed by atoms with Gasteiger partial charge in [0.25, 0.3) is 0 Å². The van der Waals surface area contributed by atoms with Crippen molar-refractivity contribution in [1.82, 2.24) is 9.80 Å². The number of fused-ring (bicyclic) bond motifs is 14. The van der Waals surface area contributed by atoms with Crippen LogP contribution in [-0.4, -0.2) is 64.4 Å². The first-order valence-corrected chi connectivity index (χ1v) is 23.6. The van der Waals surface area contributed by atoms with Crippen LogP contribution in [0.5, 0.6) is 0 Å². The van der Waals surface area contributed by atoms with Gasteiger partial charge in [0.2, 0.25) is 0 Å². The zero-order chi connectivity index (χ0) is 34.7. The zero-order valence-corrected chi connectivity index (χ0v) is 32.6. The molecule has 0 amide bonds. The molecule has 0 radical (unpaired) electrons. The highest BCUT2D eigenvalue weighted by atomic mass is 16.5. The maximum absolute atomic E-state index is 7.57. The van der Waals surface area contributed by atoms with Crippen LogP contribution >= 0.6 is 0 Å². The Morgan fingerprint density at radius 2 is 1.28 bits per heavy atom. The van der Waals surface area contributed by atoms with Gasteiger partial charge in [-0.2, -0.15) is 0 Å². The largest absolute Gasteiger partial charge is 0.490 e. The maximum Gasteiger partial charge on any atom is 0.120 e. The van der Waals surface area contributed by atoms with E-state index in [1.165, 1.54) is 147 Å². The van der Waals surface area contributed by atoms with Crippen molar-refractivity contribution >= 4 is 0 Å². The highest BCUT2D eigenvalue weighted by Crippen LogP contribution is 2.68. The van der Waals surface area contributed by atoms with Crippen LogP contribution < -0.4 is 0 Å². The molecule has 53 heavy (non-hydrogen) atoms. The molecule has 17 atom stereocenters. The van der Waals surface area contributed by atoms with Crippen molar-refractivity contribution in [1.29, 1.82) is 0 Å². The predicted molar refractivity (Wildman–Crippen MR) is 212 cm³/mol. The fourth-order valence-electron chi connectivity index (χ4n) is 17.0. The summed E-state index contributed by atoms with van der Waals surface area (Å²) < 4.78 is 15.0.